The molecule has 0 unspecified atom stereocenters. The van der Waals surface area contributed by atoms with E-state index in [1.54, 1.807) is 6.07 Å². The summed E-state index contributed by atoms with van der Waals surface area (Å²) in [4.78, 5) is 37.4. The Labute approximate surface area is 164 Å². The van der Waals surface area contributed by atoms with Crippen molar-refractivity contribution in [3.8, 4) is 0 Å². The first-order valence-electron chi connectivity index (χ1n) is 9.11. The molecule has 1 amide bonds. The van der Waals surface area contributed by atoms with Crippen molar-refractivity contribution in [2.45, 2.75) is 56.8 Å². The third-order valence-electron chi connectivity index (χ3n) is 4.88. The smallest absolute Gasteiger partial charge is 0.480 e. The number of nitrogens with zero attached hydrogens (tertiary/aromatic N) is 1. The van der Waals surface area contributed by atoms with Gasteiger partial charge in [0.15, 0.2) is 0 Å². The number of fused-ring (bicyclic) bond motifs is 1. The van der Waals surface area contributed by atoms with Gasteiger partial charge >= 0.3 is 18.1 Å². The van der Waals surface area contributed by atoms with Gasteiger partial charge in [-0.25, -0.2) is 14.6 Å². The molecule has 0 radical (unpaired) electrons. The van der Waals surface area contributed by atoms with E-state index in [1.807, 2.05) is 6.07 Å². The van der Waals surface area contributed by atoms with Crippen LogP contribution in [0.25, 0.3) is 0 Å². The van der Waals surface area contributed by atoms with Crippen molar-refractivity contribution < 1.29 is 37.8 Å². The quantitative estimate of drug-likeness (QED) is 0.591. The fraction of sp³-hybridized carbons (Fsp3) is 0.556. The van der Waals surface area contributed by atoms with E-state index in [9.17, 15) is 27.9 Å². The van der Waals surface area contributed by atoms with Crippen LogP contribution >= 0.6 is 0 Å². The summed E-state index contributed by atoms with van der Waals surface area (Å²) in [6, 6.07) is 3.62. The van der Waals surface area contributed by atoms with E-state index in [0.29, 0.717) is 25.1 Å². The molecule has 0 saturated heterocycles. The molecule has 0 spiro atoms. The Kier molecular flexibility index (Phi) is 7.17. The largest absolute Gasteiger partial charge is 0.490 e. The molecule has 1 aliphatic heterocycles. The molecule has 1 aromatic heterocycles. The number of nitrogens with one attached hydrogen (secondary N) is 2. The number of carbonyl (C=O) groups is 3. The van der Waals surface area contributed by atoms with Crippen LogP contribution in [0.2, 0.25) is 0 Å². The van der Waals surface area contributed by atoms with Gasteiger partial charge in [-0.05, 0) is 37.4 Å². The summed E-state index contributed by atoms with van der Waals surface area (Å²) in [7, 11) is 0. The molecule has 1 saturated carbocycles. The number of aliphatic carboxylic acids is 2. The van der Waals surface area contributed by atoms with Crippen molar-refractivity contribution in [2.75, 3.05) is 6.54 Å². The van der Waals surface area contributed by atoms with Gasteiger partial charge in [0.25, 0.3) is 5.91 Å². The number of carboxylic acids is 2. The van der Waals surface area contributed by atoms with Crippen LogP contribution in [0.1, 0.15) is 53.8 Å². The molecular formula is C18H22F3N3O5. The molecule has 4 N–H and O–H groups in total. The van der Waals surface area contributed by atoms with Crippen LogP contribution in [0.3, 0.4) is 0 Å². The number of carbonyl (C=O) groups excluding carboxylic acids is 1. The lowest BCUT2D eigenvalue weighted by Crippen LogP contribution is -2.55. The Morgan fingerprint density at radius 3 is 2.28 bits per heavy atom. The number of alkyl halides is 3. The molecule has 2 heterocycles. The Hall–Kier alpha value is -2.69. The van der Waals surface area contributed by atoms with Crippen LogP contribution in [0.5, 0.6) is 0 Å². The van der Waals surface area contributed by atoms with E-state index in [0.717, 1.165) is 43.5 Å². The average Bonchev–Trinajstić information content (AvgIpc) is 2.68. The van der Waals surface area contributed by atoms with Gasteiger partial charge in [-0.3, -0.25) is 4.79 Å². The molecule has 3 rings (SSSR count). The first kappa shape index (κ1) is 22.6. The minimum atomic E-state index is -5.08. The van der Waals surface area contributed by atoms with E-state index in [-0.39, 0.29) is 0 Å². The lowest BCUT2D eigenvalue weighted by Gasteiger charge is -2.33. The fourth-order valence-electron chi connectivity index (χ4n) is 3.30. The van der Waals surface area contributed by atoms with Crippen LogP contribution in [0.4, 0.5) is 13.2 Å². The summed E-state index contributed by atoms with van der Waals surface area (Å²) in [5, 5.41) is 22.6. The number of aromatic nitrogens is 1. The van der Waals surface area contributed by atoms with Crippen molar-refractivity contribution in [3.05, 3.63) is 29.1 Å². The van der Waals surface area contributed by atoms with Crippen LogP contribution in [-0.2, 0) is 22.6 Å². The minimum Gasteiger partial charge on any atom is -0.480 e. The van der Waals surface area contributed by atoms with Crippen LogP contribution in [-0.4, -0.2) is 51.3 Å². The van der Waals surface area contributed by atoms with Crippen molar-refractivity contribution >= 4 is 17.8 Å². The van der Waals surface area contributed by atoms with Crippen LogP contribution < -0.4 is 10.6 Å². The summed E-state index contributed by atoms with van der Waals surface area (Å²) < 4.78 is 31.7. The Morgan fingerprint density at radius 1 is 1.10 bits per heavy atom. The van der Waals surface area contributed by atoms with Crippen molar-refractivity contribution in [1.29, 1.82) is 0 Å². The molecular weight excluding hydrogens is 395 g/mol. The van der Waals surface area contributed by atoms with E-state index < -0.39 is 29.6 Å². The van der Waals surface area contributed by atoms with Gasteiger partial charge in [-0.1, -0.05) is 25.3 Å². The average molecular weight is 417 g/mol. The number of carboxylic acid groups (broad SMARTS) is 2. The molecule has 1 fully saturated rings. The second-order valence-electron chi connectivity index (χ2n) is 6.93. The summed E-state index contributed by atoms with van der Waals surface area (Å²) in [5.41, 5.74) is 1.20. The zero-order valence-corrected chi connectivity index (χ0v) is 15.5. The molecule has 0 atom stereocenters. The maximum Gasteiger partial charge on any atom is 0.490 e. The van der Waals surface area contributed by atoms with Crippen LogP contribution in [0.15, 0.2) is 12.1 Å². The lowest BCUT2D eigenvalue weighted by molar-refractivity contribution is -0.192. The summed E-state index contributed by atoms with van der Waals surface area (Å²) >= 11 is 0. The second-order valence-corrected chi connectivity index (χ2v) is 6.93. The molecule has 11 heteroatoms. The molecule has 160 valence electrons. The summed E-state index contributed by atoms with van der Waals surface area (Å²) in [6.07, 6.45) is -0.527. The minimum absolute atomic E-state index is 0.300. The number of rotatable bonds is 3. The van der Waals surface area contributed by atoms with Crippen molar-refractivity contribution in [1.82, 2.24) is 15.6 Å². The number of amides is 1. The van der Waals surface area contributed by atoms with Gasteiger partial charge in [-0.15, -0.1) is 0 Å². The molecule has 29 heavy (non-hydrogen) atoms. The molecule has 0 aromatic carbocycles. The van der Waals surface area contributed by atoms with Gasteiger partial charge in [0.05, 0.1) is 5.69 Å². The predicted molar refractivity (Wildman–Crippen MR) is 94.3 cm³/mol. The van der Waals surface area contributed by atoms with E-state index in [1.165, 1.54) is 0 Å². The van der Waals surface area contributed by atoms with Gasteiger partial charge in [0, 0.05) is 6.54 Å². The Morgan fingerprint density at radius 2 is 1.72 bits per heavy atom. The fourth-order valence-corrected chi connectivity index (χ4v) is 3.30. The molecule has 8 nitrogen and oxygen atoms in total. The molecule has 1 aromatic rings. The maximum atomic E-state index is 12.5. The third-order valence-corrected chi connectivity index (χ3v) is 4.88. The summed E-state index contributed by atoms with van der Waals surface area (Å²) in [5.74, 6) is -4.09. The summed E-state index contributed by atoms with van der Waals surface area (Å²) in [6.45, 7) is 1.57. The van der Waals surface area contributed by atoms with E-state index in [2.05, 4.69) is 15.6 Å². The maximum absolute atomic E-state index is 12.5. The van der Waals surface area contributed by atoms with Gasteiger partial charge < -0.3 is 20.8 Å². The highest BCUT2D eigenvalue weighted by Gasteiger charge is 2.41. The Balaban J connectivity index is 0.000000370. The zero-order valence-electron chi connectivity index (χ0n) is 15.5. The highest BCUT2D eigenvalue weighted by molar-refractivity contribution is 5.96. The normalized spacial score (nSPS) is 17.9. The monoisotopic (exact) mass is 417 g/mol. The zero-order chi connectivity index (χ0) is 21.7. The van der Waals surface area contributed by atoms with Gasteiger partial charge in [0.1, 0.15) is 11.2 Å². The first-order valence-corrected chi connectivity index (χ1v) is 9.11. The molecule has 0 bridgehead atoms. The number of halogens is 3. The highest BCUT2D eigenvalue weighted by Crippen LogP contribution is 2.29. The molecule has 2 aliphatic rings. The third kappa shape index (κ3) is 5.89. The van der Waals surface area contributed by atoms with E-state index >= 15 is 0 Å². The number of pyridine rings is 1. The standard InChI is InChI=1S/C16H21N3O3.C2HF3O2/c20-14(19-16(15(21)22)7-2-1-3-8-16)12-5-4-11-6-9-17-10-13(11)18-12;3-2(4,5)1(6)7/h4-5,17H,1-3,6-10H2,(H,19,20)(H,21,22);(H,6,7). The Bertz CT molecular complexity index is 776. The first-order chi connectivity index (χ1) is 13.5. The lowest BCUT2D eigenvalue weighted by atomic mass is 9.81. The van der Waals surface area contributed by atoms with Gasteiger partial charge in [-0.2, -0.15) is 13.2 Å². The number of hydrogen-bond acceptors (Lipinski definition) is 5. The topological polar surface area (TPSA) is 129 Å². The van der Waals surface area contributed by atoms with E-state index in [4.69, 9.17) is 9.90 Å². The van der Waals surface area contributed by atoms with Crippen molar-refractivity contribution in [3.63, 3.8) is 0 Å². The predicted octanol–water partition coefficient (Wildman–Crippen LogP) is 1.88. The second kappa shape index (κ2) is 9.21. The SMILES string of the molecule is O=C(NC1(C(=O)O)CCCCC1)c1ccc2c(n1)CNCC2.O=C(O)C(F)(F)F. The van der Waals surface area contributed by atoms with Crippen molar-refractivity contribution in [2.24, 2.45) is 0 Å². The highest BCUT2D eigenvalue weighted by atomic mass is 19.4. The van der Waals surface area contributed by atoms with Crippen LogP contribution in [0, 0.1) is 0 Å². The molecule has 1 aliphatic carbocycles. The van der Waals surface area contributed by atoms with Gasteiger partial charge in [0.2, 0.25) is 0 Å². The number of hydrogen-bond donors (Lipinski definition) is 4.